The first kappa shape index (κ1) is 16.2. The average molecular weight is 318 g/mol. The van der Waals surface area contributed by atoms with Crippen LogP contribution in [0.25, 0.3) is 11.1 Å². The zero-order chi connectivity index (χ0) is 16.8. The van der Waals surface area contributed by atoms with Gasteiger partial charge in [-0.2, -0.15) is 0 Å². The van der Waals surface area contributed by atoms with Gasteiger partial charge in [0.1, 0.15) is 5.75 Å². The fourth-order valence-corrected chi connectivity index (χ4v) is 2.71. The Morgan fingerprint density at radius 3 is 2.42 bits per heavy atom. The molecule has 0 radical (unpaired) electrons. The Bertz CT molecular complexity index is 769. The van der Waals surface area contributed by atoms with Crippen molar-refractivity contribution in [3.8, 4) is 16.9 Å². The average Bonchev–Trinajstić information content (AvgIpc) is 2.67. The Morgan fingerprint density at radius 2 is 1.71 bits per heavy atom. The normalized spacial score (nSPS) is 11.9. The van der Waals surface area contributed by atoms with Crippen LogP contribution >= 0.6 is 0 Å². The molecule has 0 aliphatic rings. The number of aromatic nitrogens is 1. The predicted molar refractivity (Wildman–Crippen MR) is 97.9 cm³/mol. The van der Waals surface area contributed by atoms with Crippen LogP contribution in [-0.4, -0.2) is 12.1 Å². The van der Waals surface area contributed by atoms with Crippen molar-refractivity contribution in [3.63, 3.8) is 0 Å². The molecule has 0 aliphatic heterocycles. The largest absolute Gasteiger partial charge is 0.496 e. The van der Waals surface area contributed by atoms with Crippen molar-refractivity contribution in [1.29, 1.82) is 0 Å². The summed E-state index contributed by atoms with van der Waals surface area (Å²) in [5, 5.41) is 3.51. The number of nitrogens with one attached hydrogen (secondary N) is 1. The number of para-hydroxylation sites is 1. The van der Waals surface area contributed by atoms with Gasteiger partial charge in [0.2, 0.25) is 0 Å². The Kier molecular flexibility index (Phi) is 5.24. The minimum Gasteiger partial charge on any atom is -0.496 e. The van der Waals surface area contributed by atoms with Gasteiger partial charge in [-0.25, -0.2) is 0 Å². The van der Waals surface area contributed by atoms with Crippen molar-refractivity contribution in [2.24, 2.45) is 0 Å². The molecular formula is C21H22N2O. The van der Waals surface area contributed by atoms with Gasteiger partial charge in [-0.3, -0.25) is 4.98 Å². The Balaban J connectivity index is 1.70. The van der Waals surface area contributed by atoms with E-state index in [1.165, 1.54) is 5.56 Å². The molecule has 1 heterocycles. The molecule has 1 atom stereocenters. The van der Waals surface area contributed by atoms with E-state index < -0.39 is 0 Å². The van der Waals surface area contributed by atoms with E-state index >= 15 is 0 Å². The number of rotatable bonds is 6. The molecule has 1 aromatic heterocycles. The van der Waals surface area contributed by atoms with Crippen molar-refractivity contribution in [2.75, 3.05) is 7.11 Å². The number of hydrogen-bond donors (Lipinski definition) is 1. The smallest absolute Gasteiger partial charge is 0.126 e. The second-order valence-electron chi connectivity index (χ2n) is 5.75. The van der Waals surface area contributed by atoms with E-state index in [0.717, 1.165) is 29.1 Å². The molecule has 122 valence electrons. The maximum Gasteiger partial charge on any atom is 0.126 e. The van der Waals surface area contributed by atoms with Crippen molar-refractivity contribution in [2.45, 2.75) is 19.5 Å². The number of nitrogens with zero attached hydrogens (tertiary/aromatic N) is 1. The summed E-state index contributed by atoms with van der Waals surface area (Å²) in [7, 11) is 1.71. The standard InChI is InChI=1S/C21H22N2O/c1-16(23-15-19-7-5-6-14-22-19)17-10-12-18(13-11-17)20-8-3-4-9-21(20)24-2/h3-14,16,23H,15H2,1-2H3/t16-/m0/s1. The fourth-order valence-electron chi connectivity index (χ4n) is 2.71. The third-order valence-electron chi connectivity index (χ3n) is 4.14. The number of benzene rings is 2. The lowest BCUT2D eigenvalue weighted by Crippen LogP contribution is -2.18. The quantitative estimate of drug-likeness (QED) is 0.721. The molecule has 3 rings (SSSR count). The molecule has 3 aromatic rings. The summed E-state index contributed by atoms with van der Waals surface area (Å²) in [5.74, 6) is 0.895. The van der Waals surface area contributed by atoms with Gasteiger partial charge < -0.3 is 10.1 Å². The molecule has 0 saturated heterocycles. The zero-order valence-electron chi connectivity index (χ0n) is 14.1. The monoisotopic (exact) mass is 318 g/mol. The van der Waals surface area contributed by atoms with E-state index in [2.05, 4.69) is 47.6 Å². The van der Waals surface area contributed by atoms with Gasteiger partial charge in [0.25, 0.3) is 0 Å². The molecule has 0 fully saturated rings. The molecule has 0 amide bonds. The first-order chi connectivity index (χ1) is 11.8. The molecular weight excluding hydrogens is 296 g/mol. The molecule has 2 aromatic carbocycles. The molecule has 24 heavy (non-hydrogen) atoms. The Hall–Kier alpha value is -2.65. The highest BCUT2D eigenvalue weighted by Gasteiger charge is 2.08. The summed E-state index contributed by atoms with van der Waals surface area (Å²) in [6.07, 6.45) is 1.82. The van der Waals surface area contributed by atoms with Crippen LogP contribution in [0.15, 0.2) is 72.9 Å². The minimum absolute atomic E-state index is 0.263. The molecule has 3 nitrogen and oxygen atoms in total. The van der Waals surface area contributed by atoms with Gasteiger partial charge in [0.15, 0.2) is 0 Å². The van der Waals surface area contributed by atoms with Crippen LogP contribution in [0.2, 0.25) is 0 Å². The van der Waals surface area contributed by atoms with Crippen molar-refractivity contribution in [3.05, 3.63) is 84.2 Å². The van der Waals surface area contributed by atoms with Crippen molar-refractivity contribution >= 4 is 0 Å². The SMILES string of the molecule is COc1ccccc1-c1ccc([C@H](C)NCc2ccccn2)cc1. The van der Waals surface area contributed by atoms with Gasteiger partial charge in [-0.05, 0) is 36.2 Å². The first-order valence-corrected chi connectivity index (χ1v) is 8.14. The summed E-state index contributed by atoms with van der Waals surface area (Å²) in [6, 6.07) is 22.9. The van der Waals surface area contributed by atoms with Crippen LogP contribution in [0, 0.1) is 0 Å². The van der Waals surface area contributed by atoms with E-state index in [4.69, 9.17) is 4.74 Å². The van der Waals surface area contributed by atoms with Crippen LogP contribution in [0.5, 0.6) is 5.75 Å². The van der Waals surface area contributed by atoms with Crippen LogP contribution < -0.4 is 10.1 Å². The number of hydrogen-bond acceptors (Lipinski definition) is 3. The van der Waals surface area contributed by atoms with E-state index in [1.54, 1.807) is 7.11 Å². The number of pyridine rings is 1. The minimum atomic E-state index is 0.263. The van der Waals surface area contributed by atoms with E-state index in [0.29, 0.717) is 0 Å². The molecule has 0 spiro atoms. The summed E-state index contributed by atoms with van der Waals surface area (Å²) < 4.78 is 5.45. The topological polar surface area (TPSA) is 34.1 Å². The predicted octanol–water partition coefficient (Wildman–Crippen LogP) is 4.61. The molecule has 0 aliphatic carbocycles. The molecule has 0 saturated carbocycles. The Morgan fingerprint density at radius 1 is 0.958 bits per heavy atom. The zero-order valence-corrected chi connectivity index (χ0v) is 14.1. The van der Waals surface area contributed by atoms with Crippen LogP contribution in [0.4, 0.5) is 0 Å². The third-order valence-corrected chi connectivity index (χ3v) is 4.14. The maximum absolute atomic E-state index is 5.45. The highest BCUT2D eigenvalue weighted by molar-refractivity contribution is 5.70. The molecule has 0 unspecified atom stereocenters. The fraction of sp³-hybridized carbons (Fsp3) is 0.190. The molecule has 0 bridgehead atoms. The summed E-state index contributed by atoms with van der Waals surface area (Å²) in [5.41, 5.74) is 4.58. The van der Waals surface area contributed by atoms with Crippen LogP contribution in [0.3, 0.4) is 0 Å². The highest BCUT2D eigenvalue weighted by Crippen LogP contribution is 2.30. The van der Waals surface area contributed by atoms with Crippen molar-refractivity contribution < 1.29 is 4.74 Å². The van der Waals surface area contributed by atoms with Gasteiger partial charge in [-0.15, -0.1) is 0 Å². The van der Waals surface area contributed by atoms with E-state index in [9.17, 15) is 0 Å². The summed E-state index contributed by atoms with van der Waals surface area (Å²) >= 11 is 0. The van der Waals surface area contributed by atoms with Gasteiger partial charge in [0.05, 0.1) is 12.8 Å². The van der Waals surface area contributed by atoms with E-state index in [1.807, 2.05) is 42.6 Å². The van der Waals surface area contributed by atoms with Crippen LogP contribution in [-0.2, 0) is 6.54 Å². The van der Waals surface area contributed by atoms with Gasteiger partial charge >= 0.3 is 0 Å². The van der Waals surface area contributed by atoms with Gasteiger partial charge in [-0.1, -0.05) is 48.5 Å². The molecule has 1 N–H and O–H groups in total. The van der Waals surface area contributed by atoms with Crippen LogP contribution in [0.1, 0.15) is 24.2 Å². The second kappa shape index (κ2) is 7.75. The Labute approximate surface area is 143 Å². The van der Waals surface area contributed by atoms with E-state index in [-0.39, 0.29) is 6.04 Å². The number of ether oxygens (including phenoxy) is 1. The second-order valence-corrected chi connectivity index (χ2v) is 5.75. The lowest BCUT2D eigenvalue weighted by Gasteiger charge is -2.15. The summed E-state index contributed by atoms with van der Waals surface area (Å²) in [6.45, 7) is 2.93. The summed E-state index contributed by atoms with van der Waals surface area (Å²) in [4.78, 5) is 4.34. The number of methoxy groups -OCH3 is 1. The lowest BCUT2D eigenvalue weighted by atomic mass is 10.0. The first-order valence-electron chi connectivity index (χ1n) is 8.14. The third kappa shape index (κ3) is 3.81. The van der Waals surface area contributed by atoms with Gasteiger partial charge in [0, 0.05) is 24.3 Å². The van der Waals surface area contributed by atoms with Crippen molar-refractivity contribution in [1.82, 2.24) is 10.3 Å². The maximum atomic E-state index is 5.45. The molecule has 3 heteroatoms. The lowest BCUT2D eigenvalue weighted by molar-refractivity contribution is 0.416. The highest BCUT2D eigenvalue weighted by atomic mass is 16.5.